The third kappa shape index (κ3) is 4.50. The van der Waals surface area contributed by atoms with Crippen LogP contribution in [0.5, 0.6) is 0 Å². The van der Waals surface area contributed by atoms with Crippen LogP contribution in [0.3, 0.4) is 0 Å². The Morgan fingerprint density at radius 1 is 1.26 bits per heavy atom. The van der Waals surface area contributed by atoms with Gasteiger partial charge in [0, 0.05) is 10.9 Å². The fraction of sp³-hybridized carbons (Fsp3) is 0.381. The second kappa shape index (κ2) is 8.85. The first kappa shape index (κ1) is 19.8. The number of carbonyl (C=O) groups excluding carboxylic acids is 1. The molecule has 0 saturated heterocycles. The highest BCUT2D eigenvalue weighted by Gasteiger charge is 2.20. The summed E-state index contributed by atoms with van der Waals surface area (Å²) >= 11 is 3.05. The Balaban J connectivity index is 1.91. The van der Waals surface area contributed by atoms with Crippen LogP contribution >= 0.6 is 23.1 Å². The first-order chi connectivity index (χ1) is 13.0. The Morgan fingerprint density at radius 3 is 2.81 bits per heavy atom. The van der Waals surface area contributed by atoms with Crippen molar-refractivity contribution in [1.29, 1.82) is 0 Å². The maximum Gasteiger partial charge on any atom is 0.319 e. The molecule has 0 aliphatic heterocycles. The Hall–Kier alpha value is -1.92. The zero-order valence-corrected chi connectivity index (χ0v) is 17.7. The van der Waals surface area contributed by atoms with Gasteiger partial charge in [0.05, 0.1) is 12.0 Å². The van der Waals surface area contributed by atoms with E-state index in [1.807, 2.05) is 6.92 Å². The van der Waals surface area contributed by atoms with E-state index in [9.17, 15) is 4.79 Å². The first-order valence-corrected chi connectivity index (χ1v) is 10.9. The fourth-order valence-electron chi connectivity index (χ4n) is 2.71. The lowest BCUT2D eigenvalue weighted by Crippen LogP contribution is -2.17. The molecule has 0 amide bonds. The van der Waals surface area contributed by atoms with Crippen LogP contribution in [0.25, 0.3) is 21.3 Å². The Bertz CT molecular complexity index is 953. The third-order valence-electron chi connectivity index (χ3n) is 4.52. The minimum atomic E-state index is -0.313. The number of rotatable bonds is 7. The summed E-state index contributed by atoms with van der Waals surface area (Å²) in [4.78, 5) is 22.1. The molecule has 27 heavy (non-hydrogen) atoms. The molecule has 6 heteroatoms. The van der Waals surface area contributed by atoms with E-state index in [1.165, 1.54) is 22.9 Å². The van der Waals surface area contributed by atoms with Crippen LogP contribution in [-0.4, -0.2) is 27.8 Å². The number of nitrogens with zero attached hydrogens (tertiary/aromatic N) is 2. The van der Waals surface area contributed by atoms with Gasteiger partial charge in [0.2, 0.25) is 0 Å². The van der Waals surface area contributed by atoms with Crippen molar-refractivity contribution in [3.63, 3.8) is 0 Å². The molecule has 0 spiro atoms. The van der Waals surface area contributed by atoms with Crippen LogP contribution in [0, 0.1) is 13.8 Å². The lowest BCUT2D eigenvalue weighted by Gasteiger charge is -2.12. The average Bonchev–Trinajstić information content (AvgIpc) is 3.09. The van der Waals surface area contributed by atoms with Gasteiger partial charge in [-0.05, 0) is 43.9 Å². The molecule has 1 atom stereocenters. The van der Waals surface area contributed by atoms with Crippen LogP contribution in [0.15, 0.2) is 34.9 Å². The monoisotopic (exact) mass is 400 g/mol. The van der Waals surface area contributed by atoms with Crippen molar-refractivity contribution >= 4 is 39.3 Å². The maximum atomic E-state index is 12.2. The Labute approximate surface area is 168 Å². The summed E-state index contributed by atoms with van der Waals surface area (Å²) in [5.41, 5.74) is 4.80. The van der Waals surface area contributed by atoms with Gasteiger partial charge >= 0.3 is 5.97 Å². The van der Waals surface area contributed by atoms with Gasteiger partial charge in [-0.2, -0.15) is 0 Å². The summed E-state index contributed by atoms with van der Waals surface area (Å²) < 4.78 is 5.35. The molecule has 0 aliphatic carbocycles. The van der Waals surface area contributed by atoms with Crippen molar-refractivity contribution in [3.05, 3.63) is 41.0 Å². The van der Waals surface area contributed by atoms with E-state index in [0.29, 0.717) is 6.61 Å². The Morgan fingerprint density at radius 2 is 2.07 bits per heavy atom. The normalized spacial score (nSPS) is 12.3. The number of thiophene rings is 1. The molecule has 3 aromatic rings. The van der Waals surface area contributed by atoms with E-state index in [0.717, 1.165) is 39.2 Å². The van der Waals surface area contributed by atoms with Crippen LogP contribution in [-0.2, 0) is 9.53 Å². The van der Waals surface area contributed by atoms with Crippen molar-refractivity contribution in [2.75, 3.05) is 6.61 Å². The number of ether oxygens (including phenoxy) is 1. The van der Waals surface area contributed by atoms with Crippen LogP contribution in [0.1, 0.15) is 37.8 Å². The van der Waals surface area contributed by atoms with Crippen molar-refractivity contribution in [2.24, 2.45) is 0 Å². The van der Waals surface area contributed by atoms with E-state index >= 15 is 0 Å². The molecule has 4 nitrogen and oxygen atoms in total. The zero-order chi connectivity index (χ0) is 19.4. The molecule has 0 bridgehead atoms. The van der Waals surface area contributed by atoms with Crippen molar-refractivity contribution in [2.45, 2.75) is 50.8 Å². The molecule has 1 unspecified atom stereocenters. The number of hydrogen-bond donors (Lipinski definition) is 0. The largest absolute Gasteiger partial charge is 0.465 e. The molecular weight excluding hydrogens is 376 g/mol. The summed E-state index contributed by atoms with van der Waals surface area (Å²) in [7, 11) is 0. The predicted molar refractivity (Wildman–Crippen MR) is 114 cm³/mol. The summed E-state index contributed by atoms with van der Waals surface area (Å²) in [5, 5.41) is 3.66. The molecule has 142 valence electrons. The molecule has 2 heterocycles. The number of carbonyl (C=O) groups is 1. The highest BCUT2D eigenvalue weighted by Crippen LogP contribution is 2.39. The number of thioether (sulfide) groups is 1. The van der Waals surface area contributed by atoms with Gasteiger partial charge in [0.15, 0.2) is 0 Å². The number of esters is 1. The van der Waals surface area contributed by atoms with Gasteiger partial charge in [0.1, 0.15) is 21.4 Å². The lowest BCUT2D eigenvalue weighted by molar-refractivity contribution is -0.142. The topological polar surface area (TPSA) is 52.1 Å². The summed E-state index contributed by atoms with van der Waals surface area (Å²) in [6.07, 6.45) is 3.47. The van der Waals surface area contributed by atoms with Crippen LogP contribution in [0.4, 0.5) is 0 Å². The smallest absolute Gasteiger partial charge is 0.319 e. The number of aromatic nitrogens is 2. The van der Waals surface area contributed by atoms with Gasteiger partial charge in [-0.15, -0.1) is 11.3 Å². The summed E-state index contributed by atoms with van der Waals surface area (Å²) in [5.74, 6) is -0.192. The van der Waals surface area contributed by atoms with E-state index in [4.69, 9.17) is 4.74 Å². The summed E-state index contributed by atoms with van der Waals surface area (Å²) in [6, 6.07) is 6.47. The van der Waals surface area contributed by atoms with Crippen molar-refractivity contribution in [3.8, 4) is 11.1 Å². The lowest BCUT2D eigenvalue weighted by atomic mass is 10.0. The molecule has 1 aromatic carbocycles. The Kier molecular flexibility index (Phi) is 6.50. The number of benzene rings is 1. The number of unbranched alkanes of at least 4 members (excludes halogenated alkanes) is 1. The molecule has 0 radical (unpaired) electrons. The summed E-state index contributed by atoms with van der Waals surface area (Å²) in [6.45, 7) is 8.66. The highest BCUT2D eigenvalue weighted by molar-refractivity contribution is 8.00. The maximum absolute atomic E-state index is 12.2. The first-order valence-electron chi connectivity index (χ1n) is 9.14. The van der Waals surface area contributed by atoms with E-state index in [1.54, 1.807) is 17.7 Å². The van der Waals surface area contributed by atoms with E-state index < -0.39 is 0 Å². The number of hydrogen-bond acceptors (Lipinski definition) is 6. The van der Waals surface area contributed by atoms with Crippen molar-refractivity contribution < 1.29 is 9.53 Å². The second-order valence-corrected chi connectivity index (χ2v) is 8.78. The number of fused-ring (bicyclic) bond motifs is 1. The molecule has 0 saturated carbocycles. The van der Waals surface area contributed by atoms with Gasteiger partial charge < -0.3 is 4.74 Å². The predicted octanol–water partition coefficient (Wildman–Crippen LogP) is 5.80. The van der Waals surface area contributed by atoms with Crippen LogP contribution in [0.2, 0.25) is 0 Å². The number of aryl methyl sites for hydroxylation is 2. The minimum absolute atomic E-state index is 0.192. The minimum Gasteiger partial charge on any atom is -0.465 e. The standard InChI is InChI=1S/C21H24N2O2S2/c1-5-6-9-25-21(24)15(4)27-20-18-17(11-26-19(18)22-12-23-20)16-8-7-13(2)14(3)10-16/h7-8,10-12,15H,5-6,9H2,1-4H3. The van der Waals surface area contributed by atoms with Crippen LogP contribution < -0.4 is 0 Å². The van der Waals surface area contributed by atoms with Gasteiger partial charge in [-0.3, -0.25) is 4.79 Å². The fourth-order valence-corrected chi connectivity index (χ4v) is 4.62. The average molecular weight is 401 g/mol. The van der Waals surface area contributed by atoms with Crippen molar-refractivity contribution in [1.82, 2.24) is 9.97 Å². The molecule has 0 fully saturated rings. The molecular formula is C21H24N2O2S2. The van der Waals surface area contributed by atoms with Gasteiger partial charge in [0.25, 0.3) is 0 Å². The molecule has 0 N–H and O–H groups in total. The second-order valence-electron chi connectivity index (χ2n) is 6.59. The third-order valence-corrected chi connectivity index (χ3v) is 6.48. The SMILES string of the molecule is CCCCOC(=O)C(C)Sc1ncnc2scc(-c3ccc(C)c(C)c3)c12. The molecule has 2 aromatic heterocycles. The molecule has 3 rings (SSSR count). The van der Waals surface area contributed by atoms with Gasteiger partial charge in [-0.1, -0.05) is 43.3 Å². The van der Waals surface area contributed by atoms with Gasteiger partial charge in [-0.25, -0.2) is 9.97 Å². The van der Waals surface area contributed by atoms with E-state index in [-0.39, 0.29) is 11.2 Å². The highest BCUT2D eigenvalue weighted by atomic mass is 32.2. The van der Waals surface area contributed by atoms with E-state index in [2.05, 4.69) is 54.3 Å². The quantitative estimate of drug-likeness (QED) is 0.217. The molecule has 0 aliphatic rings. The zero-order valence-electron chi connectivity index (χ0n) is 16.1.